The van der Waals surface area contributed by atoms with Crippen LogP contribution in [0.1, 0.15) is 38.2 Å². The summed E-state index contributed by atoms with van der Waals surface area (Å²) in [6.45, 7) is 6.39. The lowest BCUT2D eigenvalue weighted by atomic mass is 10.1. The molecule has 3 aromatic rings. The Morgan fingerprint density at radius 1 is 1.04 bits per heavy atom. The molecule has 7 heteroatoms. The number of hydrogen-bond acceptors (Lipinski definition) is 7. The molecular weight excluding hydrogens is 338 g/mol. The molecule has 0 saturated carbocycles. The molecule has 1 aliphatic rings. The molecule has 0 spiro atoms. The fourth-order valence-electron chi connectivity index (χ4n) is 3.25. The minimum Gasteiger partial charge on any atom is -0.381 e. The topological polar surface area (TPSA) is 87.7 Å². The van der Waals surface area contributed by atoms with Crippen LogP contribution in [0.15, 0.2) is 36.7 Å². The van der Waals surface area contributed by atoms with E-state index in [9.17, 15) is 0 Å². The van der Waals surface area contributed by atoms with Gasteiger partial charge in [-0.15, -0.1) is 5.10 Å². The Morgan fingerprint density at radius 2 is 1.89 bits per heavy atom. The van der Waals surface area contributed by atoms with Crippen molar-refractivity contribution in [2.75, 3.05) is 23.7 Å². The zero-order valence-electron chi connectivity index (χ0n) is 15.7. The third-order valence-electron chi connectivity index (χ3n) is 4.85. The Labute approximate surface area is 159 Å². The maximum Gasteiger partial charge on any atom is 0.154 e. The first-order valence-electron chi connectivity index (χ1n) is 9.51. The van der Waals surface area contributed by atoms with Crippen molar-refractivity contribution in [3.05, 3.63) is 42.2 Å². The van der Waals surface area contributed by atoms with Crippen molar-refractivity contribution in [2.45, 2.75) is 38.6 Å². The summed E-state index contributed by atoms with van der Waals surface area (Å²) < 4.78 is 0. The zero-order chi connectivity index (χ0) is 18.6. The molecule has 7 nitrogen and oxygen atoms in total. The minimum absolute atomic E-state index is 0.401. The molecule has 4 heterocycles. The summed E-state index contributed by atoms with van der Waals surface area (Å²) in [5.41, 5.74) is 3.88. The highest BCUT2D eigenvalue weighted by molar-refractivity contribution is 5.79. The van der Waals surface area contributed by atoms with Gasteiger partial charge < -0.3 is 16.0 Å². The summed E-state index contributed by atoms with van der Waals surface area (Å²) in [6.07, 6.45) is 5.93. The van der Waals surface area contributed by atoms with Gasteiger partial charge >= 0.3 is 0 Å². The molecule has 1 aliphatic heterocycles. The third-order valence-corrected chi connectivity index (χ3v) is 4.85. The van der Waals surface area contributed by atoms with Crippen LogP contribution in [0.3, 0.4) is 0 Å². The van der Waals surface area contributed by atoms with E-state index < -0.39 is 0 Å². The van der Waals surface area contributed by atoms with Gasteiger partial charge in [0.1, 0.15) is 5.82 Å². The first-order valence-corrected chi connectivity index (χ1v) is 9.51. The van der Waals surface area contributed by atoms with Crippen molar-refractivity contribution in [1.82, 2.24) is 25.5 Å². The molecule has 0 atom stereocenters. The van der Waals surface area contributed by atoms with Gasteiger partial charge in [0.2, 0.25) is 0 Å². The first-order chi connectivity index (χ1) is 13.2. The van der Waals surface area contributed by atoms with E-state index in [0.717, 1.165) is 54.0 Å². The van der Waals surface area contributed by atoms with Crippen molar-refractivity contribution in [1.29, 1.82) is 0 Å². The van der Waals surface area contributed by atoms with Crippen LogP contribution in [0.25, 0.3) is 11.0 Å². The van der Waals surface area contributed by atoms with Gasteiger partial charge in [-0.2, -0.15) is 5.10 Å². The van der Waals surface area contributed by atoms with Gasteiger partial charge in [0.15, 0.2) is 5.82 Å². The molecule has 4 rings (SSSR count). The van der Waals surface area contributed by atoms with E-state index in [4.69, 9.17) is 4.98 Å². The molecule has 3 N–H and O–H groups in total. The van der Waals surface area contributed by atoms with Crippen LogP contribution in [0.5, 0.6) is 0 Å². The molecule has 0 unspecified atom stereocenters. The third kappa shape index (κ3) is 4.31. The van der Waals surface area contributed by atoms with E-state index in [1.165, 1.54) is 0 Å². The molecule has 0 aromatic carbocycles. The number of piperidine rings is 1. The van der Waals surface area contributed by atoms with Gasteiger partial charge in [0.25, 0.3) is 0 Å². The summed E-state index contributed by atoms with van der Waals surface area (Å²) in [7, 11) is 0. The second-order valence-corrected chi connectivity index (χ2v) is 7.28. The zero-order valence-corrected chi connectivity index (χ0v) is 15.7. The summed E-state index contributed by atoms with van der Waals surface area (Å²) in [6, 6.07) is 8.45. The molecule has 3 aromatic heterocycles. The summed E-state index contributed by atoms with van der Waals surface area (Å²) in [4.78, 5) is 9.24. The van der Waals surface area contributed by atoms with Gasteiger partial charge in [0.05, 0.1) is 29.1 Å². The van der Waals surface area contributed by atoms with Crippen molar-refractivity contribution < 1.29 is 0 Å². The van der Waals surface area contributed by atoms with E-state index in [1.807, 2.05) is 24.4 Å². The Morgan fingerprint density at radius 3 is 2.70 bits per heavy atom. The summed E-state index contributed by atoms with van der Waals surface area (Å²) in [5.74, 6) is 1.84. The second kappa shape index (κ2) is 7.84. The smallest absolute Gasteiger partial charge is 0.154 e. The molecule has 27 heavy (non-hydrogen) atoms. The maximum atomic E-state index is 4.71. The highest BCUT2D eigenvalue weighted by Crippen LogP contribution is 2.22. The number of fused-ring (bicyclic) bond motifs is 1. The van der Waals surface area contributed by atoms with Gasteiger partial charge in [-0.25, -0.2) is 4.98 Å². The Balaban J connectivity index is 1.54. The van der Waals surface area contributed by atoms with E-state index in [1.54, 1.807) is 6.20 Å². The van der Waals surface area contributed by atoms with E-state index >= 15 is 0 Å². The van der Waals surface area contributed by atoms with E-state index in [2.05, 4.69) is 51.0 Å². The monoisotopic (exact) mass is 363 g/mol. The van der Waals surface area contributed by atoms with Crippen LogP contribution in [0.2, 0.25) is 0 Å². The fraction of sp³-hybridized carbons (Fsp3) is 0.400. The molecule has 0 radical (unpaired) electrons. The second-order valence-electron chi connectivity index (χ2n) is 7.28. The molecule has 1 saturated heterocycles. The standard InChI is InChI=1S/C20H25N7/c1-13(2)14-9-20(27-23-11-14)26-19-4-3-17-18(25-19)10-16(12-22-17)24-15-5-7-21-8-6-15/h3-4,9-13,15,21,24H,5-8H2,1-2H3,(H,25,26,27). The van der Waals surface area contributed by atoms with Crippen LogP contribution >= 0.6 is 0 Å². The van der Waals surface area contributed by atoms with Crippen molar-refractivity contribution >= 4 is 28.4 Å². The lowest BCUT2D eigenvalue weighted by Gasteiger charge is -2.24. The SMILES string of the molecule is CC(C)c1cnnc(Nc2ccc3ncc(NC4CCNCC4)cc3n2)c1. The van der Waals surface area contributed by atoms with E-state index in [-0.39, 0.29) is 0 Å². The largest absolute Gasteiger partial charge is 0.381 e. The average Bonchev–Trinajstić information content (AvgIpc) is 2.69. The molecule has 140 valence electrons. The van der Waals surface area contributed by atoms with Crippen LogP contribution in [0.4, 0.5) is 17.3 Å². The minimum atomic E-state index is 0.401. The van der Waals surface area contributed by atoms with Crippen molar-refractivity contribution in [3.8, 4) is 0 Å². The Bertz CT molecular complexity index is 919. The molecule has 0 bridgehead atoms. The van der Waals surface area contributed by atoms with Crippen LogP contribution in [-0.4, -0.2) is 39.3 Å². The lowest BCUT2D eigenvalue weighted by Crippen LogP contribution is -2.35. The predicted molar refractivity (Wildman–Crippen MR) is 108 cm³/mol. The normalized spacial score (nSPS) is 15.2. The van der Waals surface area contributed by atoms with E-state index in [0.29, 0.717) is 17.8 Å². The van der Waals surface area contributed by atoms with Crippen LogP contribution in [0, 0.1) is 0 Å². The maximum absolute atomic E-state index is 4.71. The summed E-state index contributed by atoms with van der Waals surface area (Å²) in [5, 5.41) is 18.4. The lowest BCUT2D eigenvalue weighted by molar-refractivity contribution is 0.479. The Kier molecular flexibility index (Phi) is 5.11. The fourth-order valence-corrected chi connectivity index (χ4v) is 3.25. The number of anilines is 3. The number of pyridine rings is 2. The predicted octanol–water partition coefficient (Wildman–Crippen LogP) is 3.45. The highest BCUT2D eigenvalue weighted by atomic mass is 15.2. The Hall–Kier alpha value is -2.80. The van der Waals surface area contributed by atoms with Crippen molar-refractivity contribution in [3.63, 3.8) is 0 Å². The van der Waals surface area contributed by atoms with Crippen LogP contribution in [-0.2, 0) is 0 Å². The highest BCUT2D eigenvalue weighted by Gasteiger charge is 2.13. The van der Waals surface area contributed by atoms with Crippen molar-refractivity contribution in [2.24, 2.45) is 0 Å². The molecule has 1 fully saturated rings. The molecular formula is C20H25N7. The van der Waals surface area contributed by atoms with Gasteiger partial charge in [-0.05, 0) is 61.7 Å². The molecule has 0 aliphatic carbocycles. The number of nitrogens with one attached hydrogen (secondary N) is 3. The number of rotatable bonds is 5. The van der Waals surface area contributed by atoms with Gasteiger partial charge in [-0.3, -0.25) is 4.98 Å². The number of aromatic nitrogens is 4. The summed E-state index contributed by atoms with van der Waals surface area (Å²) >= 11 is 0. The number of nitrogens with zero attached hydrogens (tertiary/aromatic N) is 4. The van der Waals surface area contributed by atoms with Crippen LogP contribution < -0.4 is 16.0 Å². The number of hydrogen-bond donors (Lipinski definition) is 3. The molecule has 0 amide bonds. The van der Waals surface area contributed by atoms with Gasteiger partial charge in [-0.1, -0.05) is 13.8 Å². The average molecular weight is 363 g/mol. The van der Waals surface area contributed by atoms with Gasteiger partial charge in [0, 0.05) is 6.04 Å². The quantitative estimate of drug-likeness (QED) is 0.640. The first kappa shape index (κ1) is 17.6.